The van der Waals surface area contributed by atoms with Crippen molar-refractivity contribution in [1.29, 1.82) is 0 Å². The largest absolute Gasteiger partial charge is 0.508 e. The lowest BCUT2D eigenvalue weighted by Gasteiger charge is -2.15. The summed E-state index contributed by atoms with van der Waals surface area (Å²) >= 11 is 0. The molecule has 33 heavy (non-hydrogen) atoms. The van der Waals surface area contributed by atoms with Gasteiger partial charge in [0.25, 0.3) is 0 Å². The summed E-state index contributed by atoms with van der Waals surface area (Å²) in [4.78, 5) is 11.7. The fraction of sp³-hybridized carbons (Fsp3) is 0.370. The molecule has 3 aromatic carbocycles. The second-order valence-corrected chi connectivity index (χ2v) is 8.47. The topological polar surface area (TPSA) is 110 Å². The summed E-state index contributed by atoms with van der Waals surface area (Å²) in [5, 5.41) is 44.4. The first kappa shape index (κ1) is 24.7. The number of aliphatic hydroxyl groups is 2. The number of rotatable bonds is 13. The molecule has 176 valence electrons. The van der Waals surface area contributed by atoms with Gasteiger partial charge in [-0.25, -0.2) is 0 Å². The monoisotopic (exact) mass is 451 g/mol. The van der Waals surface area contributed by atoms with E-state index in [1.807, 2.05) is 18.2 Å². The maximum Gasteiger partial charge on any atom is 0.306 e. The van der Waals surface area contributed by atoms with Crippen LogP contribution in [-0.4, -0.2) is 39.5 Å². The number of carbonyl (C=O) groups is 1. The van der Waals surface area contributed by atoms with Gasteiger partial charge in [0.1, 0.15) is 5.75 Å². The maximum atomic E-state index is 11.7. The molecule has 3 aromatic rings. The molecule has 3 rings (SSSR count). The molecule has 6 nitrogen and oxygen atoms in total. The Labute approximate surface area is 194 Å². The van der Waals surface area contributed by atoms with Gasteiger partial charge in [-0.05, 0) is 66.3 Å². The van der Waals surface area contributed by atoms with Gasteiger partial charge in [-0.15, -0.1) is 0 Å². The molecule has 0 amide bonds. The van der Waals surface area contributed by atoms with Gasteiger partial charge in [-0.3, -0.25) is 4.79 Å². The van der Waals surface area contributed by atoms with Gasteiger partial charge in [-0.1, -0.05) is 55.0 Å². The van der Waals surface area contributed by atoms with Crippen LogP contribution in [0.25, 0.3) is 10.8 Å². The molecular weight excluding hydrogens is 418 g/mol. The van der Waals surface area contributed by atoms with Crippen molar-refractivity contribution in [2.75, 3.05) is 13.1 Å². The first-order valence-corrected chi connectivity index (χ1v) is 11.5. The van der Waals surface area contributed by atoms with Crippen molar-refractivity contribution < 1.29 is 25.2 Å². The fourth-order valence-electron chi connectivity index (χ4n) is 4.17. The minimum atomic E-state index is -0.747. The van der Waals surface area contributed by atoms with Crippen molar-refractivity contribution in [2.45, 2.75) is 44.8 Å². The molecule has 6 heteroatoms. The van der Waals surface area contributed by atoms with E-state index in [1.165, 1.54) is 22.4 Å². The van der Waals surface area contributed by atoms with Crippen molar-refractivity contribution in [1.82, 2.24) is 5.32 Å². The van der Waals surface area contributed by atoms with Crippen LogP contribution < -0.4 is 5.32 Å². The third-order valence-corrected chi connectivity index (χ3v) is 6.14. The molecule has 0 aliphatic rings. The summed E-state index contributed by atoms with van der Waals surface area (Å²) in [6.07, 6.45) is 2.85. The minimum Gasteiger partial charge on any atom is -0.508 e. The van der Waals surface area contributed by atoms with E-state index in [0.717, 1.165) is 19.3 Å². The van der Waals surface area contributed by atoms with E-state index in [4.69, 9.17) is 0 Å². The molecule has 0 aliphatic carbocycles. The lowest BCUT2D eigenvalue weighted by molar-refractivity contribution is -0.142. The van der Waals surface area contributed by atoms with Crippen molar-refractivity contribution in [3.8, 4) is 5.75 Å². The van der Waals surface area contributed by atoms with E-state index in [2.05, 4.69) is 29.6 Å². The molecule has 0 spiro atoms. The third kappa shape index (κ3) is 7.02. The Hall–Kier alpha value is -2.93. The normalized spacial score (nSPS) is 13.2. The standard InChI is InChI=1S/C27H33NO5/c29-18-23-16-22(13-14-25(23)30)26(31)17-28-15-4-3-7-21(27(32)33)12-11-20-9-5-8-19-6-1-2-10-24(19)20/h1-2,5-6,8-10,13-14,16,21,26,28-31H,3-4,7,11-12,15,17-18H2,(H,32,33). The van der Waals surface area contributed by atoms with Crippen LogP contribution in [0.5, 0.6) is 5.75 Å². The average Bonchev–Trinajstić information content (AvgIpc) is 2.83. The van der Waals surface area contributed by atoms with Crippen molar-refractivity contribution in [3.63, 3.8) is 0 Å². The summed E-state index contributed by atoms with van der Waals surface area (Å²) < 4.78 is 0. The van der Waals surface area contributed by atoms with Crippen molar-refractivity contribution >= 4 is 16.7 Å². The number of phenols is 1. The van der Waals surface area contributed by atoms with E-state index >= 15 is 0 Å². The van der Waals surface area contributed by atoms with Crippen molar-refractivity contribution in [2.24, 2.45) is 5.92 Å². The molecule has 0 aromatic heterocycles. The molecule has 2 unspecified atom stereocenters. The summed E-state index contributed by atoms with van der Waals surface area (Å²) in [5.41, 5.74) is 2.20. The third-order valence-electron chi connectivity index (χ3n) is 6.14. The molecular formula is C27H33NO5. The predicted molar refractivity (Wildman–Crippen MR) is 129 cm³/mol. The van der Waals surface area contributed by atoms with Gasteiger partial charge in [-0.2, -0.15) is 0 Å². The van der Waals surface area contributed by atoms with Crippen LogP contribution in [0.2, 0.25) is 0 Å². The number of hydrogen-bond donors (Lipinski definition) is 5. The molecule has 5 N–H and O–H groups in total. The lowest BCUT2D eigenvalue weighted by atomic mass is 9.92. The van der Waals surface area contributed by atoms with Gasteiger partial charge in [0, 0.05) is 12.1 Å². The molecule has 0 saturated heterocycles. The van der Waals surface area contributed by atoms with Crippen LogP contribution >= 0.6 is 0 Å². The maximum absolute atomic E-state index is 11.7. The number of aryl methyl sites for hydroxylation is 1. The Bertz CT molecular complexity index is 1050. The van der Waals surface area contributed by atoms with Gasteiger partial charge in [0.2, 0.25) is 0 Å². The Morgan fingerprint density at radius 3 is 2.52 bits per heavy atom. The zero-order valence-electron chi connectivity index (χ0n) is 18.8. The van der Waals surface area contributed by atoms with Crippen LogP contribution in [0.3, 0.4) is 0 Å². The molecule has 2 atom stereocenters. The lowest BCUT2D eigenvalue weighted by Crippen LogP contribution is -2.23. The van der Waals surface area contributed by atoms with Crippen LogP contribution in [0.4, 0.5) is 0 Å². The highest BCUT2D eigenvalue weighted by Crippen LogP contribution is 2.24. The molecule has 0 fully saturated rings. The molecule has 0 heterocycles. The van der Waals surface area contributed by atoms with Crippen LogP contribution in [0.15, 0.2) is 60.7 Å². The second-order valence-electron chi connectivity index (χ2n) is 8.47. The zero-order valence-corrected chi connectivity index (χ0v) is 18.8. The number of carboxylic acid groups (broad SMARTS) is 1. The number of unbranched alkanes of at least 4 members (excludes halogenated alkanes) is 1. The van der Waals surface area contributed by atoms with E-state index in [9.17, 15) is 25.2 Å². The van der Waals surface area contributed by atoms with Gasteiger partial charge in [0.15, 0.2) is 0 Å². The molecule has 0 bridgehead atoms. The quantitative estimate of drug-likeness (QED) is 0.250. The van der Waals surface area contributed by atoms with Crippen LogP contribution in [0.1, 0.15) is 48.5 Å². The predicted octanol–water partition coefficient (Wildman–Crippen LogP) is 4.16. The molecule has 0 aliphatic heterocycles. The number of hydrogen-bond acceptors (Lipinski definition) is 5. The van der Waals surface area contributed by atoms with E-state index in [1.54, 1.807) is 12.1 Å². The van der Waals surface area contributed by atoms with Crippen molar-refractivity contribution in [3.05, 3.63) is 77.4 Å². The number of aromatic hydroxyl groups is 1. The zero-order chi connectivity index (χ0) is 23.6. The van der Waals surface area contributed by atoms with Gasteiger partial charge >= 0.3 is 5.97 Å². The fourth-order valence-corrected chi connectivity index (χ4v) is 4.17. The summed E-state index contributed by atoms with van der Waals surface area (Å²) in [6.45, 7) is 0.738. The number of carboxylic acids is 1. The van der Waals surface area contributed by atoms with E-state index < -0.39 is 12.1 Å². The minimum absolute atomic E-state index is 0.00912. The van der Waals surface area contributed by atoms with Crippen LogP contribution in [-0.2, 0) is 17.8 Å². The first-order valence-electron chi connectivity index (χ1n) is 11.5. The number of aliphatic hydroxyl groups excluding tert-OH is 2. The summed E-state index contributed by atoms with van der Waals surface area (Å²) in [7, 11) is 0. The Balaban J connectivity index is 1.39. The van der Waals surface area contributed by atoms with E-state index in [0.29, 0.717) is 37.1 Å². The van der Waals surface area contributed by atoms with E-state index in [-0.39, 0.29) is 18.3 Å². The second kappa shape index (κ2) is 12.3. The number of nitrogens with one attached hydrogen (secondary N) is 1. The SMILES string of the molecule is O=C(O)C(CCCCNCC(O)c1ccc(O)c(CO)c1)CCc1cccc2ccccc12. The average molecular weight is 452 g/mol. The highest BCUT2D eigenvalue weighted by Gasteiger charge is 2.17. The first-order chi connectivity index (χ1) is 16.0. The number of fused-ring (bicyclic) bond motifs is 1. The molecule has 0 saturated carbocycles. The smallest absolute Gasteiger partial charge is 0.306 e. The Morgan fingerprint density at radius 1 is 0.939 bits per heavy atom. The van der Waals surface area contributed by atoms with Gasteiger partial charge < -0.3 is 25.7 Å². The Kier molecular flexibility index (Phi) is 9.24. The van der Waals surface area contributed by atoms with Crippen LogP contribution in [0, 0.1) is 5.92 Å². The molecule has 0 radical (unpaired) electrons. The van der Waals surface area contributed by atoms with Gasteiger partial charge in [0.05, 0.1) is 18.6 Å². The highest BCUT2D eigenvalue weighted by molar-refractivity contribution is 5.85. The Morgan fingerprint density at radius 2 is 1.73 bits per heavy atom. The highest BCUT2D eigenvalue weighted by atomic mass is 16.4. The summed E-state index contributed by atoms with van der Waals surface area (Å²) in [5.74, 6) is -1.11. The number of benzene rings is 3. The summed E-state index contributed by atoms with van der Waals surface area (Å²) in [6, 6.07) is 19.1. The number of aliphatic carboxylic acids is 1.